The number of morpholine rings is 1. The van der Waals surface area contributed by atoms with Gasteiger partial charge in [0.2, 0.25) is 0 Å². The Morgan fingerprint density at radius 1 is 0.927 bits per heavy atom. The number of hydrogen-bond acceptors (Lipinski definition) is 9. The quantitative estimate of drug-likeness (QED) is 0.245. The number of piperazine rings is 1. The average Bonchev–Trinajstić information content (AvgIpc) is 3.02. The maximum absolute atomic E-state index is 12.2. The van der Waals surface area contributed by atoms with Gasteiger partial charge in [-0.3, -0.25) is 19.8 Å². The molecule has 2 aliphatic rings. The van der Waals surface area contributed by atoms with Gasteiger partial charge in [-0.2, -0.15) is 9.97 Å². The van der Waals surface area contributed by atoms with E-state index in [1.807, 2.05) is 24.3 Å². The van der Waals surface area contributed by atoms with Gasteiger partial charge in [0.25, 0.3) is 5.91 Å². The van der Waals surface area contributed by atoms with Crippen molar-refractivity contribution in [1.82, 2.24) is 30.1 Å². The van der Waals surface area contributed by atoms with Crippen molar-refractivity contribution in [2.24, 2.45) is 0 Å². The molecule has 3 heterocycles. The number of nitrogens with zero attached hydrogens (tertiary/aromatic N) is 5. The van der Waals surface area contributed by atoms with Crippen LogP contribution in [0.4, 0.5) is 0 Å². The largest absolute Gasteiger partial charge is 0.462 e. The number of aromatic nitrogens is 2. The van der Waals surface area contributed by atoms with Crippen LogP contribution in [-0.4, -0.2) is 108 Å². The van der Waals surface area contributed by atoms with E-state index in [2.05, 4.69) is 67.8 Å². The van der Waals surface area contributed by atoms with Crippen LogP contribution in [0, 0.1) is 11.8 Å². The summed E-state index contributed by atoms with van der Waals surface area (Å²) in [6.07, 6.45) is 0. The first-order valence-corrected chi connectivity index (χ1v) is 13.9. The molecule has 0 atom stereocenters. The molecular weight excluding hydrogens is 520 g/mol. The van der Waals surface area contributed by atoms with Crippen LogP contribution in [-0.2, 0) is 11.3 Å². The zero-order valence-electron chi connectivity index (χ0n) is 23.4. The highest BCUT2D eigenvalue weighted by Gasteiger charge is 2.16. The number of benzene rings is 2. The van der Waals surface area contributed by atoms with Crippen LogP contribution in [0.15, 0.2) is 54.6 Å². The molecule has 0 radical (unpaired) electrons. The normalized spacial score (nSPS) is 16.5. The minimum atomic E-state index is -0.726. The molecule has 1 amide bonds. The molecule has 0 aliphatic carbocycles. The summed E-state index contributed by atoms with van der Waals surface area (Å²) < 4.78 is 11.2. The second kappa shape index (κ2) is 14.2. The van der Waals surface area contributed by atoms with Crippen molar-refractivity contribution in [2.75, 3.05) is 72.7 Å². The van der Waals surface area contributed by atoms with Gasteiger partial charge < -0.3 is 14.4 Å². The molecule has 1 aromatic heterocycles. The Hall–Kier alpha value is -3.85. The van der Waals surface area contributed by atoms with E-state index in [9.17, 15) is 4.79 Å². The average molecular weight is 557 g/mol. The van der Waals surface area contributed by atoms with Crippen molar-refractivity contribution < 1.29 is 19.5 Å². The molecule has 5 rings (SSSR count). The number of hydrogen-bond donors (Lipinski definition) is 2. The van der Waals surface area contributed by atoms with Gasteiger partial charge in [0.1, 0.15) is 12.3 Å². The summed E-state index contributed by atoms with van der Waals surface area (Å²) in [4.78, 5) is 27.9. The second-order valence-corrected chi connectivity index (χ2v) is 10.3. The van der Waals surface area contributed by atoms with Crippen molar-refractivity contribution in [2.45, 2.75) is 6.54 Å². The summed E-state index contributed by atoms with van der Waals surface area (Å²) in [5.41, 5.74) is 6.04. The topological polar surface area (TPSA) is 103 Å². The van der Waals surface area contributed by atoms with E-state index in [-0.39, 0.29) is 11.7 Å². The van der Waals surface area contributed by atoms with Crippen LogP contribution >= 0.6 is 0 Å². The fourth-order valence-corrected chi connectivity index (χ4v) is 4.73. The van der Waals surface area contributed by atoms with Crippen LogP contribution in [0.3, 0.4) is 0 Å². The highest BCUT2D eigenvalue weighted by molar-refractivity contribution is 5.92. The Bertz CT molecular complexity index is 1360. The Labute approximate surface area is 240 Å². The fourth-order valence-electron chi connectivity index (χ4n) is 4.73. The number of rotatable bonds is 8. The molecule has 10 heteroatoms. The van der Waals surface area contributed by atoms with Gasteiger partial charge in [-0.1, -0.05) is 36.1 Å². The molecule has 2 saturated heterocycles. The van der Waals surface area contributed by atoms with Crippen LogP contribution in [0.2, 0.25) is 0 Å². The summed E-state index contributed by atoms with van der Waals surface area (Å²) in [6.45, 7) is 9.60. The molecule has 0 unspecified atom stereocenters. The standard InChI is InChI=1S/C31H36N6O4/c1-35-12-14-36(15-13-35)18-21-41-31-32-28(22-29(33-31)30(38)34-39)27-10-8-25(9-11-27)3-2-24-4-6-26(7-5-24)23-37-16-19-40-20-17-37/h4-11,22,39H,12-21,23H2,1H3,(H,34,38). The monoisotopic (exact) mass is 556 g/mol. The molecule has 0 saturated carbocycles. The summed E-state index contributed by atoms with van der Waals surface area (Å²) in [7, 11) is 2.12. The van der Waals surface area contributed by atoms with E-state index >= 15 is 0 Å². The molecule has 2 N–H and O–H groups in total. The minimum absolute atomic E-state index is 0.0213. The third-order valence-corrected chi connectivity index (χ3v) is 7.27. The van der Waals surface area contributed by atoms with Crippen molar-refractivity contribution >= 4 is 5.91 Å². The lowest BCUT2D eigenvalue weighted by atomic mass is 10.1. The number of nitrogens with one attached hydrogen (secondary N) is 1. The maximum Gasteiger partial charge on any atom is 0.317 e. The number of amides is 1. The van der Waals surface area contributed by atoms with E-state index in [4.69, 9.17) is 14.7 Å². The van der Waals surface area contributed by atoms with Crippen LogP contribution < -0.4 is 10.2 Å². The van der Waals surface area contributed by atoms with Gasteiger partial charge in [-0.05, 0) is 42.9 Å². The van der Waals surface area contributed by atoms with Crippen molar-refractivity contribution in [3.63, 3.8) is 0 Å². The molecule has 214 valence electrons. The summed E-state index contributed by atoms with van der Waals surface area (Å²) in [5.74, 6) is 5.72. The van der Waals surface area contributed by atoms with Gasteiger partial charge in [-0.25, -0.2) is 5.48 Å². The maximum atomic E-state index is 12.2. The Morgan fingerprint density at radius 2 is 1.59 bits per heavy atom. The summed E-state index contributed by atoms with van der Waals surface area (Å²) >= 11 is 0. The van der Waals surface area contributed by atoms with Crippen molar-refractivity contribution in [3.8, 4) is 29.1 Å². The van der Waals surface area contributed by atoms with Crippen molar-refractivity contribution in [1.29, 1.82) is 0 Å². The smallest absolute Gasteiger partial charge is 0.317 e. The Balaban J connectivity index is 1.22. The zero-order chi connectivity index (χ0) is 28.4. The van der Waals surface area contributed by atoms with E-state index in [1.54, 1.807) is 5.48 Å². The Morgan fingerprint density at radius 3 is 2.24 bits per heavy atom. The predicted molar refractivity (Wildman–Crippen MR) is 155 cm³/mol. The number of carbonyl (C=O) groups excluding carboxylic acids is 1. The lowest BCUT2D eigenvalue weighted by Crippen LogP contribution is -2.45. The zero-order valence-corrected chi connectivity index (χ0v) is 23.4. The van der Waals surface area contributed by atoms with Gasteiger partial charge >= 0.3 is 6.01 Å². The van der Waals surface area contributed by atoms with Gasteiger partial charge in [0.05, 0.1) is 18.9 Å². The number of carbonyl (C=O) groups is 1. The summed E-state index contributed by atoms with van der Waals surface area (Å²) in [5, 5.41) is 9.15. The van der Waals surface area contributed by atoms with Crippen LogP contribution in [0.5, 0.6) is 6.01 Å². The Kier molecular flexibility index (Phi) is 9.91. The molecule has 2 fully saturated rings. The fraction of sp³-hybridized carbons (Fsp3) is 0.387. The molecule has 3 aromatic rings. The lowest BCUT2D eigenvalue weighted by Gasteiger charge is -2.32. The molecule has 0 bridgehead atoms. The number of hydroxylamine groups is 1. The lowest BCUT2D eigenvalue weighted by molar-refractivity contribution is 0.0342. The highest BCUT2D eigenvalue weighted by atomic mass is 16.5. The van der Waals surface area contributed by atoms with E-state index in [1.165, 1.54) is 11.6 Å². The molecule has 0 spiro atoms. The molecule has 10 nitrogen and oxygen atoms in total. The first-order valence-electron chi connectivity index (χ1n) is 13.9. The predicted octanol–water partition coefficient (Wildman–Crippen LogP) is 2.12. The number of ether oxygens (including phenoxy) is 2. The second-order valence-electron chi connectivity index (χ2n) is 10.3. The van der Waals surface area contributed by atoms with Gasteiger partial charge in [-0.15, -0.1) is 0 Å². The molecule has 2 aliphatic heterocycles. The minimum Gasteiger partial charge on any atom is -0.462 e. The third kappa shape index (κ3) is 8.33. The van der Waals surface area contributed by atoms with Gasteiger partial charge in [0.15, 0.2) is 0 Å². The van der Waals surface area contributed by atoms with E-state index in [0.717, 1.165) is 82.3 Å². The first kappa shape index (κ1) is 28.7. The SMILES string of the molecule is CN1CCN(CCOc2nc(C(=O)NO)cc(-c3ccc(C#Cc4ccc(CN5CCOCC5)cc4)cc3)n2)CC1. The van der Waals surface area contributed by atoms with E-state index in [0.29, 0.717) is 12.3 Å². The molecule has 41 heavy (non-hydrogen) atoms. The highest BCUT2D eigenvalue weighted by Crippen LogP contribution is 2.21. The molecular formula is C31H36N6O4. The van der Waals surface area contributed by atoms with Crippen molar-refractivity contribution in [3.05, 3.63) is 77.0 Å². The summed E-state index contributed by atoms with van der Waals surface area (Å²) in [6, 6.07) is 17.6. The van der Waals surface area contributed by atoms with Crippen LogP contribution in [0.25, 0.3) is 11.3 Å². The molecule has 2 aromatic carbocycles. The van der Waals surface area contributed by atoms with E-state index < -0.39 is 5.91 Å². The van der Waals surface area contributed by atoms with Gasteiger partial charge in [0, 0.05) is 69.0 Å². The van der Waals surface area contributed by atoms with Crippen LogP contribution in [0.1, 0.15) is 27.2 Å². The third-order valence-electron chi connectivity index (χ3n) is 7.27. The first-order chi connectivity index (χ1) is 20.1. The number of likely N-dealkylation sites (N-methyl/N-ethyl adjacent to an activating group) is 1.